The van der Waals surface area contributed by atoms with E-state index in [0.717, 1.165) is 0 Å². The predicted octanol–water partition coefficient (Wildman–Crippen LogP) is 14.8. The predicted molar refractivity (Wildman–Crippen MR) is 228 cm³/mol. The summed E-state index contributed by atoms with van der Waals surface area (Å²) in [5, 5.41) is 12.9. The molecule has 0 atom stereocenters. The smallest absolute Gasteiger partial charge is 0.0165 e. The van der Waals surface area contributed by atoms with Gasteiger partial charge >= 0.3 is 0 Å². The summed E-state index contributed by atoms with van der Waals surface area (Å²) in [6.45, 7) is 4.78. The zero-order valence-corrected chi connectivity index (χ0v) is 29.8. The van der Waals surface area contributed by atoms with E-state index in [1.165, 1.54) is 109 Å². The third kappa shape index (κ3) is 4.30. The van der Waals surface area contributed by atoms with Gasteiger partial charge in [0.05, 0.1) is 0 Å². The van der Waals surface area contributed by atoms with E-state index in [9.17, 15) is 0 Å². The highest BCUT2D eigenvalue weighted by atomic mass is 14.4. The van der Waals surface area contributed by atoms with Gasteiger partial charge in [0.15, 0.2) is 0 Å². The second-order valence-electron chi connectivity index (χ2n) is 15.2. The van der Waals surface area contributed by atoms with E-state index in [-0.39, 0.29) is 5.41 Å². The zero-order chi connectivity index (χ0) is 35.3. The lowest BCUT2D eigenvalue weighted by Gasteiger charge is -2.23. The van der Waals surface area contributed by atoms with Gasteiger partial charge in [-0.2, -0.15) is 0 Å². The van der Waals surface area contributed by atoms with Crippen LogP contribution in [0.5, 0.6) is 0 Å². The molecule has 248 valence electrons. The number of rotatable bonds is 3. The molecule has 0 radical (unpaired) electrons. The molecule has 0 unspecified atom stereocenters. The molecule has 1 aliphatic rings. The van der Waals surface area contributed by atoms with E-state index in [4.69, 9.17) is 0 Å². The van der Waals surface area contributed by atoms with Gasteiger partial charge in [0.1, 0.15) is 0 Å². The lowest BCUT2D eigenvalue weighted by molar-refractivity contribution is 0.666. The highest BCUT2D eigenvalue weighted by Crippen LogP contribution is 2.55. The van der Waals surface area contributed by atoms with Crippen molar-refractivity contribution >= 4 is 53.9 Å². The van der Waals surface area contributed by atoms with Gasteiger partial charge in [-0.3, -0.25) is 0 Å². The molecule has 0 saturated carbocycles. The Kier molecular flexibility index (Phi) is 6.40. The fourth-order valence-electron chi connectivity index (χ4n) is 9.72. The second-order valence-corrected chi connectivity index (χ2v) is 15.2. The molecule has 0 heteroatoms. The summed E-state index contributed by atoms with van der Waals surface area (Å²) in [6, 6.07) is 67.9. The van der Waals surface area contributed by atoms with Crippen molar-refractivity contribution in [2.75, 3.05) is 0 Å². The topological polar surface area (TPSA) is 0 Å². The molecule has 0 amide bonds. The molecular formula is C53H36. The Morgan fingerprint density at radius 1 is 0.302 bits per heavy atom. The van der Waals surface area contributed by atoms with Crippen molar-refractivity contribution in [1.82, 2.24) is 0 Å². The van der Waals surface area contributed by atoms with Crippen LogP contribution in [0.25, 0.3) is 98.4 Å². The van der Waals surface area contributed by atoms with E-state index in [1.807, 2.05) is 0 Å². The Bertz CT molecular complexity index is 3080. The third-order valence-corrected chi connectivity index (χ3v) is 12.0. The lowest BCUT2D eigenvalue weighted by atomic mass is 9.80. The first-order valence-corrected chi connectivity index (χ1v) is 18.7. The van der Waals surface area contributed by atoms with Crippen LogP contribution in [-0.2, 0) is 5.41 Å². The number of hydrogen-bond donors (Lipinski definition) is 0. The maximum absolute atomic E-state index is 2.43. The second kappa shape index (κ2) is 11.2. The standard InChI is InChI=1S/C53H36/c1-53(2)48-28-14-27-38(51(48)46-30-29-33-15-3-6-20-39(33)52(46)53)34-17-13-18-36(31-34)49-42-23-9-11-25-44(42)50(45-26-12-10-24-43(45)49)47-32-35-16-4-5-19-37(35)40-21-7-8-22-41(40)47/h3-32H,1-2H3. The van der Waals surface area contributed by atoms with Gasteiger partial charge in [0.2, 0.25) is 0 Å². The summed E-state index contributed by atoms with van der Waals surface area (Å²) >= 11 is 0. The van der Waals surface area contributed by atoms with Crippen molar-refractivity contribution in [3.63, 3.8) is 0 Å². The highest BCUT2D eigenvalue weighted by Gasteiger charge is 2.38. The highest BCUT2D eigenvalue weighted by molar-refractivity contribution is 6.25. The first-order chi connectivity index (χ1) is 26.1. The average Bonchev–Trinajstić information content (AvgIpc) is 3.46. The Morgan fingerprint density at radius 3 is 1.57 bits per heavy atom. The minimum absolute atomic E-state index is 0.103. The molecule has 0 N–H and O–H groups in total. The molecule has 0 bridgehead atoms. The van der Waals surface area contributed by atoms with Gasteiger partial charge < -0.3 is 0 Å². The fraction of sp³-hybridized carbons (Fsp3) is 0.0566. The zero-order valence-electron chi connectivity index (χ0n) is 29.8. The number of benzene rings is 10. The summed E-state index contributed by atoms with van der Waals surface area (Å²) in [4.78, 5) is 0. The van der Waals surface area contributed by atoms with Crippen LogP contribution in [0.3, 0.4) is 0 Å². The summed E-state index contributed by atoms with van der Waals surface area (Å²) in [5.74, 6) is 0. The van der Waals surface area contributed by atoms with Crippen LogP contribution in [0.2, 0.25) is 0 Å². The Morgan fingerprint density at radius 2 is 0.849 bits per heavy atom. The maximum atomic E-state index is 2.43. The van der Waals surface area contributed by atoms with E-state index in [1.54, 1.807) is 0 Å². The van der Waals surface area contributed by atoms with Gasteiger partial charge in [-0.15, -0.1) is 0 Å². The normalized spacial score (nSPS) is 13.2. The molecule has 0 nitrogen and oxygen atoms in total. The number of fused-ring (bicyclic) bond motifs is 10. The van der Waals surface area contributed by atoms with Crippen LogP contribution in [0, 0.1) is 0 Å². The Hall–Kier alpha value is -6.50. The van der Waals surface area contributed by atoms with Crippen molar-refractivity contribution in [2.45, 2.75) is 19.3 Å². The van der Waals surface area contributed by atoms with Crippen LogP contribution >= 0.6 is 0 Å². The van der Waals surface area contributed by atoms with Crippen molar-refractivity contribution in [1.29, 1.82) is 0 Å². The van der Waals surface area contributed by atoms with Crippen molar-refractivity contribution in [3.8, 4) is 44.5 Å². The van der Waals surface area contributed by atoms with Crippen LogP contribution in [0.1, 0.15) is 25.0 Å². The van der Waals surface area contributed by atoms with Crippen molar-refractivity contribution in [3.05, 3.63) is 193 Å². The lowest BCUT2D eigenvalue weighted by Crippen LogP contribution is -2.15. The molecular weight excluding hydrogens is 637 g/mol. The van der Waals surface area contributed by atoms with Gasteiger partial charge in [0, 0.05) is 5.41 Å². The van der Waals surface area contributed by atoms with Gasteiger partial charge in [-0.25, -0.2) is 0 Å². The van der Waals surface area contributed by atoms with Gasteiger partial charge in [0.25, 0.3) is 0 Å². The molecule has 0 aromatic heterocycles. The molecule has 10 aromatic carbocycles. The monoisotopic (exact) mass is 672 g/mol. The SMILES string of the molecule is CC1(C)c2cccc(-c3cccc(-c4c5ccccc5c(-c5cc6ccccc6c6ccccc56)c5ccccc45)c3)c2-c2ccc3ccccc3c21. The molecule has 0 heterocycles. The van der Waals surface area contributed by atoms with E-state index in [2.05, 4.69) is 196 Å². The van der Waals surface area contributed by atoms with Crippen LogP contribution in [0.15, 0.2) is 182 Å². The minimum atomic E-state index is -0.103. The van der Waals surface area contributed by atoms with Gasteiger partial charge in [-0.05, 0) is 122 Å². The van der Waals surface area contributed by atoms with Crippen molar-refractivity contribution < 1.29 is 0 Å². The van der Waals surface area contributed by atoms with Crippen LogP contribution < -0.4 is 0 Å². The summed E-state index contributed by atoms with van der Waals surface area (Å²) in [5.41, 5.74) is 13.1. The molecule has 11 rings (SSSR count). The molecule has 0 saturated heterocycles. The quantitative estimate of drug-likeness (QED) is 0.129. The molecule has 0 aliphatic heterocycles. The summed E-state index contributed by atoms with van der Waals surface area (Å²) < 4.78 is 0. The van der Waals surface area contributed by atoms with Crippen molar-refractivity contribution in [2.24, 2.45) is 0 Å². The largest absolute Gasteiger partial charge is 0.0616 e. The van der Waals surface area contributed by atoms with E-state index < -0.39 is 0 Å². The first kappa shape index (κ1) is 30.2. The van der Waals surface area contributed by atoms with Gasteiger partial charge in [-0.1, -0.05) is 184 Å². The molecule has 1 aliphatic carbocycles. The average molecular weight is 673 g/mol. The minimum Gasteiger partial charge on any atom is -0.0616 e. The molecule has 53 heavy (non-hydrogen) atoms. The third-order valence-electron chi connectivity index (χ3n) is 12.0. The Balaban J connectivity index is 1.17. The number of hydrogen-bond acceptors (Lipinski definition) is 0. The Labute approximate surface area is 309 Å². The van der Waals surface area contributed by atoms with Crippen LogP contribution in [0.4, 0.5) is 0 Å². The molecule has 10 aromatic rings. The summed E-state index contributed by atoms with van der Waals surface area (Å²) in [7, 11) is 0. The molecule has 0 fully saturated rings. The molecule has 0 spiro atoms. The first-order valence-electron chi connectivity index (χ1n) is 18.7. The summed E-state index contributed by atoms with van der Waals surface area (Å²) in [6.07, 6.45) is 0. The van der Waals surface area contributed by atoms with Crippen LogP contribution in [-0.4, -0.2) is 0 Å². The van der Waals surface area contributed by atoms with E-state index in [0.29, 0.717) is 0 Å². The fourth-order valence-corrected chi connectivity index (χ4v) is 9.72. The maximum Gasteiger partial charge on any atom is 0.0165 e. The van der Waals surface area contributed by atoms with E-state index >= 15 is 0 Å².